The van der Waals surface area contributed by atoms with E-state index in [0.717, 1.165) is 5.56 Å². The average molecular weight is 402 g/mol. The number of nitrogens with one attached hydrogen (secondary N) is 2. The van der Waals surface area contributed by atoms with Crippen LogP contribution in [0, 0.1) is 0 Å². The van der Waals surface area contributed by atoms with Crippen molar-refractivity contribution in [3.8, 4) is 17.2 Å². The number of benzene rings is 3. The molecule has 0 atom stereocenters. The number of carbonyl (C=O) groups excluding carboxylic acids is 2. The van der Waals surface area contributed by atoms with Gasteiger partial charge in [-0.15, -0.1) is 0 Å². The van der Waals surface area contributed by atoms with Crippen LogP contribution >= 0.6 is 0 Å². The first-order valence-corrected chi connectivity index (χ1v) is 9.42. The number of amides is 2. The summed E-state index contributed by atoms with van der Waals surface area (Å²) in [6.07, 6.45) is 3.13. The largest absolute Gasteiger partial charge is 0.508 e. The molecule has 3 rings (SSSR count). The van der Waals surface area contributed by atoms with E-state index >= 15 is 0 Å². The molecule has 0 aliphatic carbocycles. The van der Waals surface area contributed by atoms with Crippen LogP contribution in [-0.4, -0.2) is 16.9 Å². The van der Waals surface area contributed by atoms with Crippen molar-refractivity contribution >= 4 is 17.5 Å². The van der Waals surface area contributed by atoms with E-state index in [0.29, 0.717) is 29.3 Å². The second-order valence-corrected chi connectivity index (χ2v) is 6.46. The first-order chi connectivity index (χ1) is 14.5. The maximum atomic E-state index is 12.6. The Balaban J connectivity index is 1.66. The van der Waals surface area contributed by atoms with Gasteiger partial charge in [0.15, 0.2) is 5.75 Å². The lowest BCUT2D eigenvalue weighted by Gasteiger charge is -2.12. The van der Waals surface area contributed by atoms with Gasteiger partial charge in [-0.3, -0.25) is 9.59 Å². The number of anilines is 1. The molecule has 0 aliphatic rings. The van der Waals surface area contributed by atoms with Crippen molar-refractivity contribution in [1.29, 1.82) is 0 Å². The Morgan fingerprint density at radius 3 is 2.37 bits per heavy atom. The first-order valence-electron chi connectivity index (χ1n) is 9.42. The van der Waals surface area contributed by atoms with Gasteiger partial charge in [-0.25, -0.2) is 0 Å². The molecule has 6 nitrogen and oxygen atoms in total. The predicted molar refractivity (Wildman–Crippen MR) is 116 cm³/mol. The summed E-state index contributed by atoms with van der Waals surface area (Å²) >= 11 is 0. The van der Waals surface area contributed by atoms with Gasteiger partial charge in [0.05, 0.1) is 5.69 Å². The molecule has 3 aromatic carbocycles. The van der Waals surface area contributed by atoms with Gasteiger partial charge >= 0.3 is 0 Å². The topological polar surface area (TPSA) is 87.7 Å². The van der Waals surface area contributed by atoms with Crippen molar-refractivity contribution in [2.45, 2.75) is 13.5 Å². The molecular weight excluding hydrogens is 380 g/mol. The fourth-order valence-electron chi connectivity index (χ4n) is 2.67. The summed E-state index contributed by atoms with van der Waals surface area (Å²) in [5, 5.41) is 15.0. The number of phenolic OH excluding ortho intramolecular Hbond substituents is 1. The highest BCUT2D eigenvalue weighted by Crippen LogP contribution is 2.30. The van der Waals surface area contributed by atoms with Crippen LogP contribution in [0.5, 0.6) is 17.2 Å². The van der Waals surface area contributed by atoms with Crippen molar-refractivity contribution < 1.29 is 19.4 Å². The summed E-state index contributed by atoms with van der Waals surface area (Å²) < 4.78 is 5.82. The molecule has 2 amide bonds. The Morgan fingerprint density at radius 2 is 1.67 bits per heavy atom. The van der Waals surface area contributed by atoms with Crippen molar-refractivity contribution in [3.05, 3.63) is 96.1 Å². The molecular formula is C24H22N2O4. The van der Waals surface area contributed by atoms with E-state index in [1.165, 1.54) is 18.2 Å². The maximum Gasteiger partial charge on any atom is 0.255 e. The van der Waals surface area contributed by atoms with Crippen molar-refractivity contribution in [1.82, 2.24) is 5.32 Å². The van der Waals surface area contributed by atoms with E-state index in [1.54, 1.807) is 67.6 Å². The van der Waals surface area contributed by atoms with Crippen LogP contribution < -0.4 is 15.4 Å². The number of aromatic hydroxyl groups is 1. The molecule has 0 saturated heterocycles. The second-order valence-electron chi connectivity index (χ2n) is 6.46. The quantitative estimate of drug-likeness (QED) is 0.503. The van der Waals surface area contributed by atoms with Gasteiger partial charge in [0, 0.05) is 12.1 Å². The molecule has 30 heavy (non-hydrogen) atoms. The highest BCUT2D eigenvalue weighted by molar-refractivity contribution is 6.05. The Kier molecular flexibility index (Phi) is 6.84. The van der Waals surface area contributed by atoms with Crippen LogP contribution in [0.25, 0.3) is 0 Å². The number of phenols is 1. The van der Waals surface area contributed by atoms with Crippen molar-refractivity contribution in [3.63, 3.8) is 0 Å². The predicted octanol–water partition coefficient (Wildman–Crippen LogP) is 4.63. The van der Waals surface area contributed by atoms with E-state index in [4.69, 9.17) is 4.74 Å². The summed E-state index contributed by atoms with van der Waals surface area (Å²) in [7, 11) is 0. The highest BCUT2D eigenvalue weighted by Gasteiger charge is 2.11. The molecule has 6 heteroatoms. The van der Waals surface area contributed by atoms with E-state index in [-0.39, 0.29) is 17.6 Å². The van der Waals surface area contributed by atoms with Crippen LogP contribution in [0.2, 0.25) is 0 Å². The molecule has 0 unspecified atom stereocenters. The normalized spacial score (nSPS) is 10.6. The van der Waals surface area contributed by atoms with Gasteiger partial charge in [0.1, 0.15) is 11.5 Å². The number of hydrogen-bond acceptors (Lipinski definition) is 4. The minimum Gasteiger partial charge on any atom is -0.508 e. The van der Waals surface area contributed by atoms with Crippen LogP contribution in [0.4, 0.5) is 5.69 Å². The molecule has 3 N–H and O–H groups in total. The lowest BCUT2D eigenvalue weighted by atomic mass is 10.1. The Morgan fingerprint density at radius 1 is 0.967 bits per heavy atom. The number of rotatable bonds is 7. The third-order valence-corrected chi connectivity index (χ3v) is 4.20. The summed E-state index contributed by atoms with van der Waals surface area (Å²) in [5.41, 5.74) is 1.90. The fraction of sp³-hybridized carbons (Fsp3) is 0.0833. The number of para-hydroxylation sites is 2. The number of ether oxygens (including phenoxy) is 1. The minimum absolute atomic E-state index is 0.147. The molecule has 3 aromatic rings. The van der Waals surface area contributed by atoms with E-state index < -0.39 is 0 Å². The summed E-state index contributed by atoms with van der Waals surface area (Å²) in [6, 6.07) is 20.4. The second kappa shape index (κ2) is 9.93. The molecule has 0 aliphatic heterocycles. The van der Waals surface area contributed by atoms with Gasteiger partial charge in [-0.2, -0.15) is 0 Å². The molecule has 152 valence electrons. The van der Waals surface area contributed by atoms with Gasteiger partial charge in [0.2, 0.25) is 5.91 Å². The average Bonchev–Trinajstić information content (AvgIpc) is 2.76. The zero-order valence-corrected chi connectivity index (χ0v) is 16.5. The van der Waals surface area contributed by atoms with Crippen molar-refractivity contribution in [2.75, 3.05) is 5.32 Å². The first kappa shape index (κ1) is 20.7. The number of hydrogen-bond donors (Lipinski definition) is 3. The monoisotopic (exact) mass is 402 g/mol. The van der Waals surface area contributed by atoms with Gasteiger partial charge in [-0.05, 0) is 67.1 Å². The molecule has 0 saturated carbocycles. The van der Waals surface area contributed by atoms with Crippen LogP contribution in [0.1, 0.15) is 22.8 Å². The van der Waals surface area contributed by atoms with E-state index in [9.17, 15) is 14.7 Å². The molecule has 0 bridgehead atoms. The van der Waals surface area contributed by atoms with E-state index in [2.05, 4.69) is 10.6 Å². The molecule has 0 aromatic heterocycles. The lowest BCUT2D eigenvalue weighted by molar-refractivity contribution is -0.116. The standard InChI is InChI=1S/C24H22N2O4/c1-2-5-23(28)25-16-17-8-10-18(11-9-17)24(29)26-21-6-3-4-7-22(21)30-20-14-12-19(27)13-15-20/h2-15,27H,16H2,1H3,(H,25,28)(H,26,29)/b5-2+. The fourth-order valence-corrected chi connectivity index (χ4v) is 2.67. The van der Waals surface area contributed by atoms with Gasteiger partial charge in [0.25, 0.3) is 5.91 Å². The lowest BCUT2D eigenvalue weighted by Crippen LogP contribution is -2.20. The number of carbonyl (C=O) groups is 2. The molecule has 0 spiro atoms. The molecule has 0 radical (unpaired) electrons. The SMILES string of the molecule is C/C=C/C(=O)NCc1ccc(C(=O)Nc2ccccc2Oc2ccc(O)cc2)cc1. The summed E-state index contributed by atoms with van der Waals surface area (Å²) in [5.74, 6) is 0.735. The van der Waals surface area contributed by atoms with Gasteiger partial charge in [-0.1, -0.05) is 30.3 Å². The minimum atomic E-state index is -0.277. The highest BCUT2D eigenvalue weighted by atomic mass is 16.5. The summed E-state index contributed by atoms with van der Waals surface area (Å²) in [4.78, 5) is 24.1. The zero-order chi connectivity index (χ0) is 21.3. The van der Waals surface area contributed by atoms with Crippen LogP contribution in [0.15, 0.2) is 84.9 Å². The van der Waals surface area contributed by atoms with E-state index in [1.807, 2.05) is 6.07 Å². The van der Waals surface area contributed by atoms with Crippen LogP contribution in [-0.2, 0) is 11.3 Å². The maximum absolute atomic E-state index is 12.6. The van der Waals surface area contributed by atoms with Gasteiger partial charge < -0.3 is 20.5 Å². The van der Waals surface area contributed by atoms with Crippen LogP contribution in [0.3, 0.4) is 0 Å². The zero-order valence-electron chi connectivity index (χ0n) is 16.5. The Labute approximate surface area is 174 Å². The third kappa shape index (κ3) is 5.72. The molecule has 0 heterocycles. The Hall–Kier alpha value is -4.06. The third-order valence-electron chi connectivity index (χ3n) is 4.20. The molecule has 0 fully saturated rings. The van der Waals surface area contributed by atoms with Crippen molar-refractivity contribution in [2.24, 2.45) is 0 Å². The smallest absolute Gasteiger partial charge is 0.255 e. The summed E-state index contributed by atoms with van der Waals surface area (Å²) in [6.45, 7) is 2.16. The number of allylic oxidation sites excluding steroid dienone is 1. The Bertz CT molecular complexity index is 1040.